The highest BCUT2D eigenvalue weighted by Crippen LogP contribution is 2.30. The molecule has 0 aromatic carbocycles. The highest BCUT2D eigenvalue weighted by molar-refractivity contribution is 5.00. The van der Waals surface area contributed by atoms with Crippen LogP contribution in [0.3, 0.4) is 0 Å². The standard InChI is InChI=1S/C15H27N3O/c1-6-9-18-11-16-17-14(18)13(8-7-12(2)3)10-15(4,5)19/h6,11-13,19H,1,7-10H2,2-5H3/t13-/m0/s1. The van der Waals surface area contributed by atoms with Crippen LogP contribution in [0.2, 0.25) is 0 Å². The van der Waals surface area contributed by atoms with Crippen LogP contribution >= 0.6 is 0 Å². The first-order valence-electron chi connectivity index (χ1n) is 7.04. The average Bonchev–Trinajstić information content (AvgIpc) is 2.71. The molecule has 19 heavy (non-hydrogen) atoms. The zero-order valence-corrected chi connectivity index (χ0v) is 12.6. The van der Waals surface area contributed by atoms with E-state index in [-0.39, 0.29) is 5.92 Å². The van der Waals surface area contributed by atoms with Crippen LogP contribution in [0.25, 0.3) is 0 Å². The van der Waals surface area contributed by atoms with Gasteiger partial charge in [0, 0.05) is 12.5 Å². The molecule has 1 aromatic heterocycles. The van der Waals surface area contributed by atoms with Crippen LogP contribution in [0.15, 0.2) is 19.0 Å². The third kappa shape index (κ3) is 5.55. The van der Waals surface area contributed by atoms with Gasteiger partial charge in [0.05, 0.1) is 5.60 Å². The van der Waals surface area contributed by atoms with Gasteiger partial charge in [-0.1, -0.05) is 26.3 Å². The van der Waals surface area contributed by atoms with Gasteiger partial charge in [-0.25, -0.2) is 0 Å². The quantitative estimate of drug-likeness (QED) is 0.735. The second-order valence-corrected chi connectivity index (χ2v) is 6.31. The third-order valence-electron chi connectivity index (χ3n) is 3.17. The van der Waals surface area contributed by atoms with Gasteiger partial charge in [-0.05, 0) is 32.6 Å². The zero-order valence-electron chi connectivity index (χ0n) is 12.6. The van der Waals surface area contributed by atoms with Crippen molar-refractivity contribution in [3.63, 3.8) is 0 Å². The first-order valence-corrected chi connectivity index (χ1v) is 7.04. The summed E-state index contributed by atoms with van der Waals surface area (Å²) in [5.41, 5.74) is -0.688. The second kappa shape index (κ2) is 6.85. The largest absolute Gasteiger partial charge is 0.390 e. The van der Waals surface area contributed by atoms with Gasteiger partial charge in [0.25, 0.3) is 0 Å². The summed E-state index contributed by atoms with van der Waals surface area (Å²) in [6.07, 6.45) is 6.44. The van der Waals surface area contributed by atoms with E-state index >= 15 is 0 Å². The number of hydrogen-bond acceptors (Lipinski definition) is 3. The highest BCUT2D eigenvalue weighted by Gasteiger charge is 2.25. The van der Waals surface area contributed by atoms with E-state index in [1.807, 2.05) is 24.5 Å². The second-order valence-electron chi connectivity index (χ2n) is 6.31. The van der Waals surface area contributed by atoms with Crippen molar-refractivity contribution < 1.29 is 5.11 Å². The van der Waals surface area contributed by atoms with E-state index in [2.05, 4.69) is 30.6 Å². The summed E-state index contributed by atoms with van der Waals surface area (Å²) in [5, 5.41) is 18.3. The summed E-state index contributed by atoms with van der Waals surface area (Å²) in [7, 11) is 0. The zero-order chi connectivity index (χ0) is 14.5. The maximum atomic E-state index is 10.1. The summed E-state index contributed by atoms with van der Waals surface area (Å²) < 4.78 is 2.02. The van der Waals surface area contributed by atoms with Gasteiger partial charge < -0.3 is 9.67 Å². The summed E-state index contributed by atoms with van der Waals surface area (Å²) in [4.78, 5) is 0. The third-order valence-corrected chi connectivity index (χ3v) is 3.17. The number of aliphatic hydroxyl groups is 1. The Morgan fingerprint density at radius 1 is 1.42 bits per heavy atom. The molecule has 0 radical (unpaired) electrons. The number of aromatic nitrogens is 3. The summed E-state index contributed by atoms with van der Waals surface area (Å²) in [6, 6.07) is 0. The maximum Gasteiger partial charge on any atom is 0.136 e. The molecule has 0 aliphatic carbocycles. The van der Waals surface area contributed by atoms with Crippen LogP contribution in [-0.4, -0.2) is 25.5 Å². The number of rotatable bonds is 8. The lowest BCUT2D eigenvalue weighted by molar-refractivity contribution is 0.0599. The lowest BCUT2D eigenvalue weighted by Crippen LogP contribution is -2.24. The molecule has 4 heteroatoms. The number of hydrogen-bond donors (Lipinski definition) is 1. The van der Waals surface area contributed by atoms with Gasteiger partial charge >= 0.3 is 0 Å². The predicted octanol–water partition coefficient (Wildman–Crippen LogP) is 3.14. The minimum absolute atomic E-state index is 0.241. The Labute approximate surface area is 116 Å². The first kappa shape index (κ1) is 15.9. The number of nitrogens with zero attached hydrogens (tertiary/aromatic N) is 3. The Morgan fingerprint density at radius 3 is 2.63 bits per heavy atom. The normalized spacial score (nSPS) is 13.8. The minimum Gasteiger partial charge on any atom is -0.390 e. The molecular weight excluding hydrogens is 238 g/mol. The number of allylic oxidation sites excluding steroid dienone is 1. The lowest BCUT2D eigenvalue weighted by atomic mass is 9.87. The van der Waals surface area contributed by atoms with Crippen molar-refractivity contribution in [2.75, 3.05) is 0 Å². The first-order chi connectivity index (χ1) is 8.83. The molecule has 0 amide bonds. The van der Waals surface area contributed by atoms with Crippen molar-refractivity contribution in [2.45, 2.75) is 65.0 Å². The fourth-order valence-electron chi connectivity index (χ4n) is 2.32. The van der Waals surface area contributed by atoms with Gasteiger partial charge in [-0.15, -0.1) is 16.8 Å². The van der Waals surface area contributed by atoms with Crippen LogP contribution < -0.4 is 0 Å². The summed E-state index contributed by atoms with van der Waals surface area (Å²) in [6.45, 7) is 12.6. The molecule has 0 aliphatic heterocycles. The summed E-state index contributed by atoms with van der Waals surface area (Å²) in [5.74, 6) is 1.85. The van der Waals surface area contributed by atoms with Crippen LogP contribution in [0.4, 0.5) is 0 Å². The topological polar surface area (TPSA) is 50.9 Å². The molecule has 1 N–H and O–H groups in total. The SMILES string of the molecule is C=CCn1cnnc1[C@@H](CCC(C)C)CC(C)(C)O. The Kier molecular flexibility index (Phi) is 5.73. The molecule has 1 heterocycles. The molecule has 108 valence electrons. The van der Waals surface area contributed by atoms with Gasteiger partial charge in [-0.3, -0.25) is 0 Å². The van der Waals surface area contributed by atoms with E-state index in [4.69, 9.17) is 0 Å². The highest BCUT2D eigenvalue weighted by atomic mass is 16.3. The van der Waals surface area contributed by atoms with Gasteiger partial charge in [0.15, 0.2) is 0 Å². The Bertz CT molecular complexity index is 390. The molecule has 4 nitrogen and oxygen atoms in total. The molecule has 0 spiro atoms. The average molecular weight is 265 g/mol. The van der Waals surface area contributed by atoms with Crippen LogP contribution in [-0.2, 0) is 6.54 Å². The van der Waals surface area contributed by atoms with Crippen molar-refractivity contribution >= 4 is 0 Å². The van der Waals surface area contributed by atoms with Crippen molar-refractivity contribution in [2.24, 2.45) is 5.92 Å². The van der Waals surface area contributed by atoms with Crippen molar-refractivity contribution in [1.82, 2.24) is 14.8 Å². The van der Waals surface area contributed by atoms with Crippen molar-refractivity contribution in [3.8, 4) is 0 Å². The van der Waals surface area contributed by atoms with E-state index < -0.39 is 5.60 Å². The Balaban J connectivity index is 2.87. The molecule has 0 saturated carbocycles. The minimum atomic E-state index is -0.688. The monoisotopic (exact) mass is 265 g/mol. The van der Waals surface area contributed by atoms with E-state index in [0.717, 1.165) is 18.7 Å². The Hall–Kier alpha value is -1.16. The van der Waals surface area contributed by atoms with Gasteiger partial charge in [0.1, 0.15) is 12.2 Å². The van der Waals surface area contributed by atoms with E-state index in [1.54, 1.807) is 6.33 Å². The van der Waals surface area contributed by atoms with Crippen molar-refractivity contribution in [1.29, 1.82) is 0 Å². The molecule has 1 aromatic rings. The van der Waals surface area contributed by atoms with E-state index in [1.165, 1.54) is 0 Å². The van der Waals surface area contributed by atoms with Crippen molar-refractivity contribution in [3.05, 3.63) is 24.8 Å². The van der Waals surface area contributed by atoms with Gasteiger partial charge in [-0.2, -0.15) is 0 Å². The fourth-order valence-corrected chi connectivity index (χ4v) is 2.32. The summed E-state index contributed by atoms with van der Waals surface area (Å²) >= 11 is 0. The molecule has 0 aliphatic rings. The lowest BCUT2D eigenvalue weighted by Gasteiger charge is -2.25. The van der Waals surface area contributed by atoms with Crippen LogP contribution in [0, 0.1) is 5.92 Å². The predicted molar refractivity (Wildman–Crippen MR) is 77.9 cm³/mol. The fraction of sp³-hybridized carbons (Fsp3) is 0.733. The molecule has 0 unspecified atom stereocenters. The molecule has 1 atom stereocenters. The van der Waals surface area contributed by atoms with E-state index in [0.29, 0.717) is 18.9 Å². The molecule has 0 bridgehead atoms. The molecular formula is C15H27N3O. The molecule has 1 rings (SSSR count). The molecule has 0 fully saturated rings. The van der Waals surface area contributed by atoms with Crippen LogP contribution in [0.5, 0.6) is 0 Å². The van der Waals surface area contributed by atoms with E-state index in [9.17, 15) is 5.11 Å². The molecule has 0 saturated heterocycles. The smallest absolute Gasteiger partial charge is 0.136 e. The van der Waals surface area contributed by atoms with Gasteiger partial charge in [0.2, 0.25) is 0 Å². The maximum absolute atomic E-state index is 10.1. The van der Waals surface area contributed by atoms with Crippen LogP contribution in [0.1, 0.15) is 58.7 Å². The Morgan fingerprint density at radius 2 is 2.11 bits per heavy atom.